The molecule has 11 nitrogen and oxygen atoms in total. The predicted molar refractivity (Wildman–Crippen MR) is 175 cm³/mol. The molecule has 246 valence electrons. The monoisotopic (exact) mass is 661 g/mol. The lowest BCUT2D eigenvalue weighted by molar-refractivity contribution is 0.108. The fourth-order valence-corrected chi connectivity index (χ4v) is 8.44. The molecular formula is C34H37ClFN7O4. The maximum Gasteiger partial charge on any atom is 0.319 e. The molecule has 0 amide bonds. The predicted octanol–water partition coefficient (Wildman–Crippen LogP) is 5.42. The Morgan fingerprint density at radius 2 is 2.11 bits per heavy atom. The van der Waals surface area contributed by atoms with E-state index >= 15 is 4.39 Å². The summed E-state index contributed by atoms with van der Waals surface area (Å²) in [6.45, 7) is 5.04. The van der Waals surface area contributed by atoms with Crippen molar-refractivity contribution in [2.75, 3.05) is 64.7 Å². The van der Waals surface area contributed by atoms with Crippen molar-refractivity contribution in [3.8, 4) is 23.1 Å². The van der Waals surface area contributed by atoms with E-state index in [1.54, 1.807) is 13.3 Å². The zero-order valence-corrected chi connectivity index (χ0v) is 27.1. The number of benzene rings is 1. The number of H-pyrrole nitrogens is 1. The van der Waals surface area contributed by atoms with Gasteiger partial charge in [0.2, 0.25) is 5.88 Å². The summed E-state index contributed by atoms with van der Waals surface area (Å²) in [5, 5.41) is 9.04. The summed E-state index contributed by atoms with van der Waals surface area (Å²) < 4.78 is 41.4. The van der Waals surface area contributed by atoms with Gasteiger partial charge < -0.3 is 23.8 Å². The molecule has 13 heteroatoms. The van der Waals surface area contributed by atoms with Crippen LogP contribution in [0.1, 0.15) is 50.0 Å². The second-order valence-electron chi connectivity index (χ2n) is 13.5. The molecular weight excluding hydrogens is 625 g/mol. The van der Waals surface area contributed by atoms with Gasteiger partial charge in [0.15, 0.2) is 5.82 Å². The van der Waals surface area contributed by atoms with E-state index in [-0.39, 0.29) is 34.7 Å². The molecule has 1 N–H and O–H groups in total. The summed E-state index contributed by atoms with van der Waals surface area (Å²) in [5.74, 6) is 0.546. The number of anilines is 1. The Morgan fingerprint density at radius 3 is 2.98 bits per heavy atom. The van der Waals surface area contributed by atoms with Crippen molar-refractivity contribution in [3.63, 3.8) is 0 Å². The number of nitrogens with one attached hydrogen (secondary N) is 1. The first kappa shape index (κ1) is 29.6. The number of aromatic nitrogens is 5. The molecule has 1 aliphatic carbocycles. The Kier molecular flexibility index (Phi) is 7.25. The van der Waals surface area contributed by atoms with Crippen LogP contribution in [-0.4, -0.2) is 101 Å². The molecule has 7 heterocycles. The van der Waals surface area contributed by atoms with Gasteiger partial charge in [-0.1, -0.05) is 23.3 Å². The number of methoxy groups -OCH3 is 1. The van der Waals surface area contributed by atoms with Gasteiger partial charge in [-0.25, -0.2) is 9.37 Å². The molecule has 0 radical (unpaired) electrons. The highest BCUT2D eigenvalue weighted by Gasteiger charge is 2.47. The topological polar surface area (TPSA) is 111 Å². The molecule has 4 aliphatic heterocycles. The number of rotatable bonds is 7. The highest BCUT2D eigenvalue weighted by atomic mass is 35.5. The van der Waals surface area contributed by atoms with Gasteiger partial charge >= 0.3 is 6.01 Å². The first-order valence-electron chi connectivity index (χ1n) is 16.6. The van der Waals surface area contributed by atoms with Gasteiger partial charge in [0.25, 0.3) is 0 Å². The number of aromatic amines is 1. The van der Waals surface area contributed by atoms with E-state index in [1.165, 1.54) is 5.57 Å². The van der Waals surface area contributed by atoms with Crippen molar-refractivity contribution in [1.29, 1.82) is 0 Å². The van der Waals surface area contributed by atoms with E-state index in [0.717, 1.165) is 68.1 Å². The third kappa shape index (κ3) is 4.94. The molecule has 4 aromatic rings. The zero-order valence-electron chi connectivity index (χ0n) is 26.4. The standard InChI is InChI=1S/C34H37ClFN7O4/c1-44-11-6-19-13-34(7-2-8-42(34)15-19)18-47-33-39-30-27-31(40-33)43-9-3-10-45-16-21(43)17-46-32(27)38-29(28(30)36)26-22-14-37-41-24(22)12-23(35)25(26)20-4-5-20/h6,12,14,20-21H,2-5,7-11,13,15-18H2,1H3,(H,37,41)/b19-6+/t21-,34+/m0/s1. The van der Waals surface area contributed by atoms with E-state index in [1.807, 2.05) is 6.07 Å². The Balaban J connectivity index is 1.20. The minimum absolute atomic E-state index is 0.120. The van der Waals surface area contributed by atoms with Crippen LogP contribution in [0.2, 0.25) is 5.02 Å². The Hall–Kier alpha value is -3.58. The minimum atomic E-state index is -0.552. The van der Waals surface area contributed by atoms with Gasteiger partial charge in [-0.3, -0.25) is 10.00 Å². The van der Waals surface area contributed by atoms with E-state index in [2.05, 4.69) is 26.1 Å². The molecule has 4 fully saturated rings. The van der Waals surface area contributed by atoms with Crippen LogP contribution in [0.15, 0.2) is 23.9 Å². The summed E-state index contributed by atoms with van der Waals surface area (Å²) >= 11 is 6.86. The van der Waals surface area contributed by atoms with Crippen molar-refractivity contribution in [1.82, 2.24) is 30.0 Å². The van der Waals surface area contributed by atoms with Crippen LogP contribution in [0.3, 0.4) is 0 Å². The summed E-state index contributed by atoms with van der Waals surface area (Å²) in [4.78, 5) is 19.3. The molecule has 3 saturated heterocycles. The van der Waals surface area contributed by atoms with E-state index < -0.39 is 5.82 Å². The van der Waals surface area contributed by atoms with Crippen LogP contribution in [-0.2, 0) is 9.47 Å². The molecule has 1 aromatic carbocycles. The smallest absolute Gasteiger partial charge is 0.319 e. The number of ether oxygens (including phenoxy) is 4. The number of fused-ring (bicyclic) bond motifs is 4. The number of nitrogens with zero attached hydrogens (tertiary/aromatic N) is 6. The Labute approximate surface area is 276 Å². The van der Waals surface area contributed by atoms with Gasteiger partial charge in [-0.2, -0.15) is 15.1 Å². The van der Waals surface area contributed by atoms with Gasteiger partial charge in [0.05, 0.1) is 36.5 Å². The summed E-state index contributed by atoms with van der Waals surface area (Å²) in [5.41, 5.74) is 3.73. The molecule has 0 spiro atoms. The number of hydrogen-bond acceptors (Lipinski definition) is 10. The average molecular weight is 662 g/mol. The summed E-state index contributed by atoms with van der Waals surface area (Å²) in [6, 6.07) is 1.90. The second-order valence-corrected chi connectivity index (χ2v) is 13.9. The number of hydrogen-bond donors (Lipinski definition) is 1. The zero-order chi connectivity index (χ0) is 31.7. The highest BCUT2D eigenvalue weighted by molar-refractivity contribution is 6.33. The maximum absolute atomic E-state index is 17.2. The molecule has 3 aromatic heterocycles. The van der Waals surface area contributed by atoms with Crippen LogP contribution in [0.4, 0.5) is 10.2 Å². The normalized spacial score (nSPS) is 25.2. The molecule has 1 saturated carbocycles. The lowest BCUT2D eigenvalue weighted by Crippen LogP contribution is -2.43. The molecule has 0 bridgehead atoms. The van der Waals surface area contributed by atoms with Crippen LogP contribution in [0.5, 0.6) is 11.9 Å². The van der Waals surface area contributed by atoms with Crippen LogP contribution in [0.25, 0.3) is 33.1 Å². The fraction of sp³-hybridized carbons (Fsp3) is 0.529. The lowest BCUT2D eigenvalue weighted by atomic mass is 9.93. The van der Waals surface area contributed by atoms with Gasteiger partial charge in [0.1, 0.15) is 35.6 Å². The molecule has 47 heavy (non-hydrogen) atoms. The van der Waals surface area contributed by atoms with Crippen LogP contribution >= 0.6 is 11.6 Å². The molecule has 0 unspecified atom stereocenters. The lowest BCUT2D eigenvalue weighted by Gasteiger charge is -2.31. The first-order valence-corrected chi connectivity index (χ1v) is 17.0. The van der Waals surface area contributed by atoms with Crippen molar-refractivity contribution >= 4 is 39.2 Å². The van der Waals surface area contributed by atoms with Gasteiger partial charge in [0, 0.05) is 42.8 Å². The molecule has 2 atom stereocenters. The van der Waals surface area contributed by atoms with E-state index in [4.69, 9.17) is 45.5 Å². The minimum Gasteiger partial charge on any atom is -0.475 e. The number of pyridine rings is 1. The fourth-order valence-electron chi connectivity index (χ4n) is 8.08. The Bertz CT molecular complexity index is 1910. The largest absolute Gasteiger partial charge is 0.475 e. The van der Waals surface area contributed by atoms with Gasteiger partial charge in [-0.15, -0.1) is 0 Å². The summed E-state index contributed by atoms with van der Waals surface area (Å²) in [6.07, 6.45) is 9.69. The van der Waals surface area contributed by atoms with Crippen molar-refractivity contribution in [2.24, 2.45) is 0 Å². The SMILES string of the molecule is COC/C=C1/CN2CCC[C@]2(COc2nc3c4c(nc(-c5c(C6CC6)c(Cl)cc6[nH]ncc56)c(F)c4n2)OC[C@@H]2COCCCN32)C1. The van der Waals surface area contributed by atoms with Crippen LogP contribution < -0.4 is 14.4 Å². The Morgan fingerprint density at radius 1 is 1.19 bits per heavy atom. The summed E-state index contributed by atoms with van der Waals surface area (Å²) in [7, 11) is 1.71. The second kappa shape index (κ2) is 11.5. The average Bonchev–Trinajstić information content (AvgIpc) is 3.66. The highest BCUT2D eigenvalue weighted by Crippen LogP contribution is 2.51. The van der Waals surface area contributed by atoms with E-state index in [9.17, 15) is 0 Å². The molecule has 5 aliphatic rings. The van der Waals surface area contributed by atoms with E-state index in [0.29, 0.717) is 67.2 Å². The third-order valence-electron chi connectivity index (χ3n) is 10.5. The quantitative estimate of drug-likeness (QED) is 0.258. The maximum atomic E-state index is 17.2. The van der Waals surface area contributed by atoms with Crippen molar-refractivity contribution < 1.29 is 23.3 Å². The van der Waals surface area contributed by atoms with Crippen molar-refractivity contribution in [3.05, 3.63) is 40.3 Å². The first-order chi connectivity index (χ1) is 23.0. The third-order valence-corrected chi connectivity index (χ3v) is 10.8. The molecule has 9 rings (SSSR count). The van der Waals surface area contributed by atoms with Gasteiger partial charge in [-0.05, 0) is 62.6 Å². The number of halogens is 2. The van der Waals surface area contributed by atoms with Crippen molar-refractivity contribution in [2.45, 2.75) is 56.0 Å². The van der Waals surface area contributed by atoms with Crippen LogP contribution in [0, 0.1) is 5.82 Å².